The smallest absolute Gasteiger partial charge is 0.119 e. The highest BCUT2D eigenvalue weighted by molar-refractivity contribution is 7.17. The molecule has 2 heterocycles. The van der Waals surface area contributed by atoms with Crippen molar-refractivity contribution in [3.63, 3.8) is 0 Å². The Kier molecular flexibility index (Phi) is 6.38. The van der Waals surface area contributed by atoms with Crippen molar-refractivity contribution < 1.29 is 29.9 Å². The molecule has 0 bridgehead atoms. The lowest BCUT2D eigenvalue weighted by atomic mass is 9.90. The van der Waals surface area contributed by atoms with Crippen molar-refractivity contribution in [2.45, 2.75) is 43.9 Å². The van der Waals surface area contributed by atoms with Crippen molar-refractivity contribution in [3.8, 4) is 5.75 Å². The van der Waals surface area contributed by atoms with Crippen LogP contribution in [-0.2, 0) is 11.2 Å². The van der Waals surface area contributed by atoms with E-state index in [-0.39, 0.29) is 0 Å². The van der Waals surface area contributed by atoms with E-state index in [9.17, 15) is 20.4 Å². The molecule has 1 aliphatic heterocycles. The first-order valence-corrected chi connectivity index (χ1v) is 10.9. The van der Waals surface area contributed by atoms with Gasteiger partial charge in [0.15, 0.2) is 0 Å². The number of hydrogen-bond donors (Lipinski definition) is 4. The average molecular weight is 431 g/mol. The number of thiophene rings is 1. The molecular weight excluding hydrogens is 404 g/mol. The topological polar surface area (TPSA) is 99.4 Å². The predicted molar refractivity (Wildman–Crippen MR) is 115 cm³/mol. The first-order valence-electron chi connectivity index (χ1n) is 10.0. The van der Waals surface area contributed by atoms with Gasteiger partial charge in [-0.1, -0.05) is 18.2 Å². The van der Waals surface area contributed by atoms with Gasteiger partial charge in [0.2, 0.25) is 0 Å². The molecule has 7 heteroatoms. The second-order valence-corrected chi connectivity index (χ2v) is 8.43. The second-order valence-electron chi connectivity index (χ2n) is 7.52. The molecule has 160 valence electrons. The van der Waals surface area contributed by atoms with Crippen LogP contribution >= 0.6 is 11.3 Å². The van der Waals surface area contributed by atoms with Gasteiger partial charge in [0.1, 0.15) is 36.3 Å². The van der Waals surface area contributed by atoms with E-state index in [1.165, 1.54) is 0 Å². The van der Waals surface area contributed by atoms with Crippen molar-refractivity contribution in [2.24, 2.45) is 0 Å². The van der Waals surface area contributed by atoms with Crippen molar-refractivity contribution >= 4 is 21.4 Å². The number of aliphatic hydroxyl groups is 4. The Morgan fingerprint density at radius 3 is 2.47 bits per heavy atom. The summed E-state index contributed by atoms with van der Waals surface area (Å²) in [6.07, 6.45) is -5.03. The summed E-state index contributed by atoms with van der Waals surface area (Å²) in [6.45, 7) is 2.15. The number of rotatable bonds is 6. The van der Waals surface area contributed by atoms with Gasteiger partial charge in [0.25, 0.3) is 0 Å². The monoisotopic (exact) mass is 430 g/mol. The lowest BCUT2D eigenvalue weighted by molar-refractivity contribution is -0.231. The third-order valence-corrected chi connectivity index (χ3v) is 6.54. The molecule has 1 aromatic heterocycles. The molecule has 6 nitrogen and oxygen atoms in total. The summed E-state index contributed by atoms with van der Waals surface area (Å²) in [4.78, 5) is 0. The van der Waals surface area contributed by atoms with Gasteiger partial charge in [-0.05, 0) is 65.1 Å². The van der Waals surface area contributed by atoms with Crippen LogP contribution in [0.15, 0.2) is 47.8 Å². The minimum Gasteiger partial charge on any atom is -0.494 e. The zero-order valence-electron chi connectivity index (χ0n) is 16.6. The molecule has 0 radical (unpaired) electrons. The second kappa shape index (κ2) is 9.01. The van der Waals surface area contributed by atoms with Gasteiger partial charge in [-0.25, -0.2) is 0 Å². The van der Waals surface area contributed by atoms with Gasteiger partial charge in [-0.15, -0.1) is 11.3 Å². The molecule has 3 aromatic rings. The van der Waals surface area contributed by atoms with E-state index >= 15 is 0 Å². The quantitative estimate of drug-likeness (QED) is 0.479. The van der Waals surface area contributed by atoms with E-state index in [2.05, 4.69) is 17.5 Å². The van der Waals surface area contributed by atoms with Crippen molar-refractivity contribution in [3.05, 3.63) is 64.5 Å². The molecule has 1 aliphatic rings. The third-order valence-electron chi connectivity index (χ3n) is 5.53. The maximum absolute atomic E-state index is 10.4. The molecule has 5 atom stereocenters. The Balaban J connectivity index is 1.61. The minimum atomic E-state index is -1.39. The maximum atomic E-state index is 10.4. The maximum Gasteiger partial charge on any atom is 0.119 e. The molecule has 30 heavy (non-hydrogen) atoms. The molecule has 0 spiro atoms. The van der Waals surface area contributed by atoms with E-state index in [4.69, 9.17) is 9.47 Å². The van der Waals surface area contributed by atoms with Crippen LogP contribution < -0.4 is 4.74 Å². The highest BCUT2D eigenvalue weighted by atomic mass is 32.1. The standard InChI is InChI=1S/C23H26O6S/c1-2-28-16-6-3-13(4-7-16)9-15-12-30-19-8-5-14(10-17(15)19)23-22(27)21(26)20(25)18(11-24)29-23/h3-8,10,12,18,20-27H,2,9,11H2,1H3/t18-,20-,21?,22-,23?/m1/s1. The first-order chi connectivity index (χ1) is 14.5. The fourth-order valence-corrected chi connectivity index (χ4v) is 4.82. The number of fused-ring (bicyclic) bond motifs is 1. The molecule has 0 aliphatic carbocycles. The Labute approximate surface area is 178 Å². The van der Waals surface area contributed by atoms with Gasteiger partial charge in [0.05, 0.1) is 13.2 Å². The van der Waals surface area contributed by atoms with E-state index in [0.717, 1.165) is 33.4 Å². The summed E-state index contributed by atoms with van der Waals surface area (Å²) in [6, 6.07) is 13.8. The fraction of sp³-hybridized carbons (Fsp3) is 0.391. The highest BCUT2D eigenvalue weighted by Crippen LogP contribution is 2.36. The molecule has 4 N–H and O–H groups in total. The summed E-state index contributed by atoms with van der Waals surface area (Å²) in [5.41, 5.74) is 3.02. The normalized spacial score (nSPS) is 26.8. The van der Waals surface area contributed by atoms with E-state index in [1.807, 2.05) is 37.3 Å². The summed E-state index contributed by atoms with van der Waals surface area (Å²) in [5.74, 6) is 0.848. The molecule has 1 fully saturated rings. The Bertz CT molecular complexity index is 983. The summed E-state index contributed by atoms with van der Waals surface area (Å²) < 4.78 is 12.3. The average Bonchev–Trinajstić information content (AvgIpc) is 3.16. The Morgan fingerprint density at radius 1 is 1.00 bits per heavy atom. The van der Waals surface area contributed by atoms with Gasteiger partial charge < -0.3 is 29.9 Å². The number of hydrogen-bond acceptors (Lipinski definition) is 7. The third kappa shape index (κ3) is 4.09. The van der Waals surface area contributed by atoms with Crippen LogP contribution in [0.5, 0.6) is 5.75 Å². The predicted octanol–water partition coefficient (Wildman–Crippen LogP) is 2.41. The van der Waals surface area contributed by atoms with Crippen molar-refractivity contribution in [2.75, 3.05) is 13.2 Å². The largest absolute Gasteiger partial charge is 0.494 e. The van der Waals surface area contributed by atoms with E-state index in [0.29, 0.717) is 12.2 Å². The van der Waals surface area contributed by atoms with Crippen LogP contribution in [0.4, 0.5) is 0 Å². The SMILES string of the molecule is CCOc1ccc(Cc2csc3ccc(C4O[C@H](CO)[C@@H](O)C(O)[C@H]4O)cc23)cc1. The lowest BCUT2D eigenvalue weighted by Crippen LogP contribution is -2.55. The van der Waals surface area contributed by atoms with Crippen molar-refractivity contribution in [1.82, 2.24) is 0 Å². The van der Waals surface area contributed by atoms with Gasteiger partial charge in [-0.3, -0.25) is 0 Å². The van der Waals surface area contributed by atoms with Crippen LogP contribution in [0.1, 0.15) is 29.7 Å². The summed E-state index contributed by atoms with van der Waals surface area (Å²) in [5, 5.41) is 43.2. The molecule has 0 saturated carbocycles. The summed E-state index contributed by atoms with van der Waals surface area (Å²) in [7, 11) is 0. The van der Waals surface area contributed by atoms with Gasteiger partial charge in [-0.2, -0.15) is 0 Å². The zero-order valence-corrected chi connectivity index (χ0v) is 17.5. The molecular formula is C23H26O6S. The van der Waals surface area contributed by atoms with Gasteiger partial charge >= 0.3 is 0 Å². The van der Waals surface area contributed by atoms with Crippen LogP contribution in [0.25, 0.3) is 10.1 Å². The van der Waals surface area contributed by atoms with Crippen LogP contribution in [-0.4, -0.2) is 58.1 Å². The molecule has 2 unspecified atom stereocenters. The zero-order chi connectivity index (χ0) is 21.3. The summed E-state index contributed by atoms with van der Waals surface area (Å²) >= 11 is 1.65. The molecule has 2 aromatic carbocycles. The minimum absolute atomic E-state index is 0.439. The number of aliphatic hydroxyl groups excluding tert-OH is 4. The highest BCUT2D eigenvalue weighted by Gasteiger charge is 2.43. The Hall–Kier alpha value is -2.00. The van der Waals surface area contributed by atoms with Crippen LogP contribution in [0.3, 0.4) is 0 Å². The number of ether oxygens (including phenoxy) is 2. The van der Waals surface area contributed by atoms with E-state index in [1.54, 1.807) is 11.3 Å². The fourth-order valence-electron chi connectivity index (χ4n) is 3.88. The number of benzene rings is 2. The molecule has 0 amide bonds. The Morgan fingerprint density at radius 2 is 1.77 bits per heavy atom. The van der Waals surface area contributed by atoms with Gasteiger partial charge in [0, 0.05) is 4.70 Å². The molecule has 4 rings (SSSR count). The van der Waals surface area contributed by atoms with E-state index < -0.39 is 37.1 Å². The van der Waals surface area contributed by atoms with Crippen molar-refractivity contribution in [1.29, 1.82) is 0 Å². The lowest BCUT2D eigenvalue weighted by Gasteiger charge is -2.40. The first kappa shape index (κ1) is 21.2. The van der Waals surface area contributed by atoms with Crippen LogP contribution in [0.2, 0.25) is 0 Å². The van der Waals surface area contributed by atoms with Crippen LogP contribution in [0, 0.1) is 0 Å². The molecule has 1 saturated heterocycles.